The smallest absolute Gasteiger partial charge is 0.275 e. The zero-order valence-electron chi connectivity index (χ0n) is 15.4. The quantitative estimate of drug-likeness (QED) is 0.762. The minimum absolute atomic E-state index is 0.0500. The largest absolute Gasteiger partial charge is 0.346 e. The summed E-state index contributed by atoms with van der Waals surface area (Å²) in [7, 11) is 2.09. The fourth-order valence-corrected chi connectivity index (χ4v) is 4.51. The van der Waals surface area contributed by atoms with Gasteiger partial charge >= 0.3 is 0 Å². The summed E-state index contributed by atoms with van der Waals surface area (Å²) in [6.07, 6.45) is 0. The van der Waals surface area contributed by atoms with Gasteiger partial charge in [-0.3, -0.25) is 4.79 Å². The molecule has 0 saturated carbocycles. The van der Waals surface area contributed by atoms with Crippen LogP contribution < -0.4 is 10.2 Å². The van der Waals surface area contributed by atoms with Gasteiger partial charge in [0.05, 0.1) is 15.7 Å². The molecular weight excluding hydrogens is 410 g/mol. The van der Waals surface area contributed by atoms with Crippen LogP contribution in [0.1, 0.15) is 35.1 Å². The third kappa shape index (κ3) is 4.54. The molecule has 5 nitrogen and oxygen atoms in total. The molecule has 0 bridgehead atoms. The lowest BCUT2D eigenvalue weighted by molar-refractivity contribution is 0.102. The normalized spacial score (nSPS) is 15.4. The summed E-state index contributed by atoms with van der Waals surface area (Å²) in [6.45, 7) is 7.71. The molecule has 0 spiro atoms. The highest BCUT2D eigenvalue weighted by Gasteiger charge is 2.25. The van der Waals surface area contributed by atoms with Gasteiger partial charge in [-0.2, -0.15) is 0 Å². The van der Waals surface area contributed by atoms with Crippen LogP contribution in [-0.2, 0) is 0 Å². The number of hydrogen-bond acceptors (Lipinski definition) is 5. The average Bonchev–Trinajstić information content (AvgIpc) is 3.04. The number of amides is 1. The summed E-state index contributed by atoms with van der Waals surface area (Å²) in [5, 5.41) is 3.63. The number of rotatable bonds is 4. The molecule has 0 aliphatic carbocycles. The van der Waals surface area contributed by atoms with Crippen LogP contribution in [0, 0.1) is 5.82 Å². The number of hydrogen-bond donors (Lipinski definition) is 1. The van der Waals surface area contributed by atoms with E-state index in [1.54, 1.807) is 0 Å². The maximum absolute atomic E-state index is 13.4. The van der Waals surface area contributed by atoms with Gasteiger partial charge in [0.1, 0.15) is 11.5 Å². The first-order valence-corrected chi connectivity index (χ1v) is 10.2. The molecule has 1 aliphatic heterocycles. The minimum Gasteiger partial charge on any atom is -0.346 e. The fraction of sp³-hybridized carbons (Fsp3) is 0.444. The van der Waals surface area contributed by atoms with Crippen molar-refractivity contribution in [2.75, 3.05) is 43.4 Å². The molecule has 0 atom stereocenters. The second-order valence-corrected chi connectivity index (χ2v) is 8.68. The molecule has 1 N–H and O–H groups in total. The van der Waals surface area contributed by atoms with Crippen molar-refractivity contribution >= 4 is 51.3 Å². The third-order valence-corrected chi connectivity index (χ3v) is 6.41. The molecule has 2 heterocycles. The Labute approximate surface area is 172 Å². The topological polar surface area (TPSA) is 48.5 Å². The third-order valence-electron chi connectivity index (χ3n) is 4.40. The summed E-state index contributed by atoms with van der Waals surface area (Å²) in [4.78, 5) is 22.8. The first kappa shape index (κ1) is 20.3. The molecule has 1 aliphatic rings. The van der Waals surface area contributed by atoms with E-state index >= 15 is 0 Å². The van der Waals surface area contributed by atoms with Crippen LogP contribution in [0.3, 0.4) is 0 Å². The lowest BCUT2D eigenvalue weighted by Gasteiger charge is -2.32. The Morgan fingerprint density at radius 1 is 1.22 bits per heavy atom. The van der Waals surface area contributed by atoms with E-state index in [1.165, 1.54) is 11.3 Å². The fourth-order valence-electron chi connectivity index (χ4n) is 2.84. The Morgan fingerprint density at radius 2 is 1.81 bits per heavy atom. The van der Waals surface area contributed by atoms with Crippen molar-refractivity contribution < 1.29 is 9.18 Å². The summed E-state index contributed by atoms with van der Waals surface area (Å²) in [5.74, 6) is -0.814. The highest BCUT2D eigenvalue weighted by atomic mass is 35.5. The van der Waals surface area contributed by atoms with Crippen LogP contribution in [0.5, 0.6) is 0 Å². The Morgan fingerprint density at radius 3 is 2.37 bits per heavy atom. The molecule has 1 aromatic heterocycles. The summed E-state index contributed by atoms with van der Waals surface area (Å²) in [5.41, 5.74) is 0.550. The summed E-state index contributed by atoms with van der Waals surface area (Å²) >= 11 is 13.6. The van der Waals surface area contributed by atoms with Crippen molar-refractivity contribution in [3.63, 3.8) is 0 Å². The molecule has 27 heavy (non-hydrogen) atoms. The van der Waals surface area contributed by atoms with E-state index < -0.39 is 11.7 Å². The molecule has 9 heteroatoms. The van der Waals surface area contributed by atoms with Crippen LogP contribution in [0.25, 0.3) is 0 Å². The number of nitrogens with one attached hydrogen (secondary N) is 1. The van der Waals surface area contributed by atoms with Crippen LogP contribution in [0.2, 0.25) is 10.0 Å². The van der Waals surface area contributed by atoms with Crippen molar-refractivity contribution in [2.45, 2.75) is 19.8 Å². The highest BCUT2D eigenvalue weighted by Crippen LogP contribution is 2.35. The Balaban J connectivity index is 1.88. The van der Waals surface area contributed by atoms with Crippen molar-refractivity contribution in [2.24, 2.45) is 0 Å². The first-order valence-electron chi connectivity index (χ1n) is 8.66. The van der Waals surface area contributed by atoms with E-state index in [-0.39, 0.29) is 21.7 Å². The maximum atomic E-state index is 13.4. The number of aromatic nitrogens is 1. The number of carbonyl (C=O) groups excluding carboxylic acids is 1. The molecule has 1 amide bonds. The molecule has 3 rings (SSSR count). The van der Waals surface area contributed by atoms with Crippen LogP contribution >= 0.6 is 34.5 Å². The van der Waals surface area contributed by atoms with Gasteiger partial charge in [-0.25, -0.2) is 9.37 Å². The molecule has 1 aromatic carbocycles. The molecule has 146 valence electrons. The van der Waals surface area contributed by atoms with E-state index in [2.05, 4.69) is 27.1 Å². The number of carbonyl (C=O) groups is 1. The lowest BCUT2D eigenvalue weighted by Crippen LogP contribution is -2.44. The Kier molecular flexibility index (Phi) is 6.25. The van der Waals surface area contributed by atoms with E-state index in [9.17, 15) is 9.18 Å². The number of anilines is 2. The van der Waals surface area contributed by atoms with Crippen LogP contribution in [-0.4, -0.2) is 49.0 Å². The molecule has 0 unspecified atom stereocenters. The maximum Gasteiger partial charge on any atom is 0.275 e. The van der Waals surface area contributed by atoms with Gasteiger partial charge in [0.2, 0.25) is 0 Å². The highest BCUT2D eigenvalue weighted by molar-refractivity contribution is 7.16. The number of likely N-dealkylation sites (N-methyl/N-ethyl adjacent to an activating group) is 1. The van der Waals surface area contributed by atoms with E-state index in [0.29, 0.717) is 5.69 Å². The first-order chi connectivity index (χ1) is 12.8. The van der Waals surface area contributed by atoms with E-state index in [4.69, 9.17) is 23.2 Å². The van der Waals surface area contributed by atoms with Crippen molar-refractivity contribution in [1.29, 1.82) is 0 Å². The van der Waals surface area contributed by atoms with Gasteiger partial charge in [-0.05, 0) is 25.1 Å². The minimum atomic E-state index is -0.558. The van der Waals surface area contributed by atoms with E-state index in [0.717, 1.165) is 48.3 Å². The molecule has 1 fully saturated rings. The van der Waals surface area contributed by atoms with Gasteiger partial charge in [0, 0.05) is 31.1 Å². The zero-order valence-corrected chi connectivity index (χ0v) is 17.7. The number of halogens is 3. The summed E-state index contributed by atoms with van der Waals surface area (Å²) in [6, 6.07) is 2.23. The number of benzene rings is 1. The second kappa shape index (κ2) is 8.31. The summed E-state index contributed by atoms with van der Waals surface area (Å²) < 4.78 is 13.4. The monoisotopic (exact) mass is 430 g/mol. The van der Waals surface area contributed by atoms with Crippen LogP contribution in [0.4, 0.5) is 15.2 Å². The van der Waals surface area contributed by atoms with Gasteiger partial charge in [0.25, 0.3) is 5.91 Å². The van der Waals surface area contributed by atoms with Crippen molar-refractivity contribution in [3.05, 3.63) is 38.6 Å². The standard InChI is InChI=1S/C18H21Cl2FN4OS/c1-10(2)16-15(23-18(27-16)25-6-4-24(3)5-7-25)17(26)22-14-12(19)8-11(21)9-13(14)20/h8-10H,4-7H2,1-3H3,(H,22,26). The predicted octanol–water partition coefficient (Wildman–Crippen LogP) is 4.72. The molecule has 1 saturated heterocycles. The molecule has 2 aromatic rings. The Hall–Kier alpha value is -1.41. The van der Waals surface area contributed by atoms with Crippen LogP contribution in [0.15, 0.2) is 12.1 Å². The number of thiazole rings is 1. The molecule has 0 radical (unpaired) electrons. The second-order valence-electron chi connectivity index (χ2n) is 6.85. The molecular formula is C18H21Cl2FN4OS. The van der Waals surface area contributed by atoms with Crippen molar-refractivity contribution in [3.8, 4) is 0 Å². The number of piperazine rings is 1. The SMILES string of the molecule is CC(C)c1sc(N2CCN(C)CC2)nc1C(=O)Nc1c(Cl)cc(F)cc1Cl. The Bertz CT molecular complexity index is 827. The van der Waals surface area contributed by atoms with Crippen molar-refractivity contribution in [1.82, 2.24) is 9.88 Å². The number of nitrogens with zero attached hydrogens (tertiary/aromatic N) is 3. The van der Waals surface area contributed by atoms with Gasteiger partial charge < -0.3 is 15.1 Å². The van der Waals surface area contributed by atoms with Gasteiger partial charge in [-0.1, -0.05) is 37.0 Å². The van der Waals surface area contributed by atoms with E-state index in [1.807, 2.05) is 13.8 Å². The zero-order chi connectivity index (χ0) is 19.7. The predicted molar refractivity (Wildman–Crippen MR) is 110 cm³/mol. The van der Waals surface area contributed by atoms with Gasteiger partial charge in [-0.15, -0.1) is 11.3 Å². The lowest BCUT2D eigenvalue weighted by atomic mass is 10.1. The van der Waals surface area contributed by atoms with Gasteiger partial charge in [0.15, 0.2) is 5.13 Å². The average molecular weight is 431 g/mol.